The summed E-state index contributed by atoms with van der Waals surface area (Å²) >= 11 is 0. The van der Waals surface area contributed by atoms with E-state index >= 15 is 0 Å². The minimum absolute atomic E-state index is 0.679. The Morgan fingerprint density at radius 3 is 3.20 bits per heavy atom. The number of rotatable bonds is 0. The molecule has 0 aromatic carbocycles. The van der Waals surface area contributed by atoms with E-state index in [4.69, 9.17) is 4.74 Å². The highest BCUT2D eigenvalue weighted by atomic mass is 16.5. The summed E-state index contributed by atoms with van der Waals surface area (Å²) in [5.41, 5.74) is 0. The number of nitrogens with zero attached hydrogens (tertiary/aromatic N) is 2. The fraction of sp³-hybridized carbons (Fsp3) is 1.00. The van der Waals surface area contributed by atoms with Crippen LogP contribution in [-0.2, 0) is 4.74 Å². The molecule has 3 heteroatoms. The quantitative estimate of drug-likeness (QED) is 0.457. The molecule has 2 heterocycles. The van der Waals surface area contributed by atoms with Gasteiger partial charge in [0.15, 0.2) is 0 Å². The largest absolute Gasteiger partial charge is 0.364 e. The second kappa shape index (κ2) is 2.49. The van der Waals surface area contributed by atoms with Gasteiger partial charge in [-0.15, -0.1) is 0 Å². The Hall–Kier alpha value is -0.120. The third-order valence-electron chi connectivity index (χ3n) is 2.38. The molecule has 0 aromatic heterocycles. The number of likely N-dealkylation sites (N-methyl/N-ethyl adjacent to an activating group) is 1. The molecule has 0 spiro atoms. The number of fused-ring (bicyclic) bond motifs is 1. The number of ether oxygens (including phenoxy) is 1. The molecule has 0 aromatic rings. The summed E-state index contributed by atoms with van der Waals surface area (Å²) < 4.78 is 5.34. The highest BCUT2D eigenvalue weighted by molar-refractivity contribution is 4.82. The fourth-order valence-electron chi connectivity index (χ4n) is 1.68. The van der Waals surface area contributed by atoms with Gasteiger partial charge < -0.3 is 9.64 Å². The van der Waals surface area contributed by atoms with Crippen molar-refractivity contribution in [2.75, 3.05) is 40.0 Å². The standard InChI is InChI=1S/C7H14N2O/c1-8-2-3-9-6-10-5-7(9)4-8/h7H,2-6H2,1H3. The van der Waals surface area contributed by atoms with E-state index in [2.05, 4.69) is 16.8 Å². The average Bonchev–Trinajstić information content (AvgIpc) is 2.33. The number of hydrogen-bond donors (Lipinski definition) is 0. The highest BCUT2D eigenvalue weighted by Crippen LogP contribution is 2.13. The van der Waals surface area contributed by atoms with Crippen molar-refractivity contribution in [3.05, 3.63) is 0 Å². The van der Waals surface area contributed by atoms with Gasteiger partial charge in [-0.3, -0.25) is 4.90 Å². The van der Waals surface area contributed by atoms with Crippen LogP contribution in [0.1, 0.15) is 0 Å². The predicted octanol–water partition coefficient (Wildman–Crippen LogP) is -0.410. The van der Waals surface area contributed by atoms with Crippen LogP contribution in [0.15, 0.2) is 0 Å². The van der Waals surface area contributed by atoms with Gasteiger partial charge in [-0.25, -0.2) is 0 Å². The van der Waals surface area contributed by atoms with Crippen LogP contribution < -0.4 is 0 Å². The minimum Gasteiger partial charge on any atom is -0.364 e. The van der Waals surface area contributed by atoms with E-state index in [-0.39, 0.29) is 0 Å². The molecule has 10 heavy (non-hydrogen) atoms. The van der Waals surface area contributed by atoms with Crippen molar-refractivity contribution in [2.24, 2.45) is 0 Å². The van der Waals surface area contributed by atoms with Gasteiger partial charge in [-0.05, 0) is 7.05 Å². The van der Waals surface area contributed by atoms with E-state index in [1.54, 1.807) is 0 Å². The van der Waals surface area contributed by atoms with E-state index < -0.39 is 0 Å². The van der Waals surface area contributed by atoms with Gasteiger partial charge in [-0.1, -0.05) is 0 Å². The van der Waals surface area contributed by atoms with E-state index in [0.717, 1.165) is 13.3 Å². The molecule has 1 unspecified atom stereocenters. The molecule has 0 amide bonds. The van der Waals surface area contributed by atoms with Crippen LogP contribution in [0.3, 0.4) is 0 Å². The molecule has 0 N–H and O–H groups in total. The van der Waals surface area contributed by atoms with E-state index in [1.807, 2.05) is 0 Å². The maximum Gasteiger partial charge on any atom is 0.0995 e. The van der Waals surface area contributed by atoms with Crippen LogP contribution >= 0.6 is 0 Å². The summed E-state index contributed by atoms with van der Waals surface area (Å²) in [7, 11) is 2.18. The van der Waals surface area contributed by atoms with Gasteiger partial charge in [0.2, 0.25) is 0 Å². The fourth-order valence-corrected chi connectivity index (χ4v) is 1.68. The van der Waals surface area contributed by atoms with E-state index in [0.29, 0.717) is 6.04 Å². The van der Waals surface area contributed by atoms with Gasteiger partial charge in [0.25, 0.3) is 0 Å². The molecule has 2 rings (SSSR count). The molecular formula is C7H14N2O. The summed E-state index contributed by atoms with van der Waals surface area (Å²) in [6.07, 6.45) is 0. The Kier molecular flexibility index (Phi) is 1.64. The lowest BCUT2D eigenvalue weighted by Gasteiger charge is -2.33. The van der Waals surface area contributed by atoms with Crippen LogP contribution in [0.25, 0.3) is 0 Å². The van der Waals surface area contributed by atoms with Crippen molar-refractivity contribution >= 4 is 0 Å². The summed E-state index contributed by atoms with van der Waals surface area (Å²) in [5.74, 6) is 0. The van der Waals surface area contributed by atoms with Crippen molar-refractivity contribution in [2.45, 2.75) is 6.04 Å². The summed E-state index contributed by atoms with van der Waals surface area (Å²) in [6.45, 7) is 5.35. The molecule has 0 saturated carbocycles. The molecular weight excluding hydrogens is 128 g/mol. The van der Waals surface area contributed by atoms with Crippen LogP contribution in [0.4, 0.5) is 0 Å². The van der Waals surface area contributed by atoms with Crippen molar-refractivity contribution < 1.29 is 4.74 Å². The SMILES string of the molecule is CN1CCN2COCC2C1. The first-order valence-electron chi connectivity index (χ1n) is 3.86. The number of hydrogen-bond acceptors (Lipinski definition) is 3. The van der Waals surface area contributed by atoms with Gasteiger partial charge in [0, 0.05) is 25.7 Å². The first-order valence-corrected chi connectivity index (χ1v) is 3.86. The maximum atomic E-state index is 5.34. The van der Waals surface area contributed by atoms with Gasteiger partial charge in [0.05, 0.1) is 13.3 Å². The summed E-state index contributed by atoms with van der Waals surface area (Å²) in [5, 5.41) is 0. The van der Waals surface area contributed by atoms with Crippen molar-refractivity contribution in [1.82, 2.24) is 9.80 Å². The number of piperazine rings is 1. The lowest BCUT2D eigenvalue weighted by Crippen LogP contribution is -2.49. The third-order valence-corrected chi connectivity index (χ3v) is 2.38. The molecule has 2 fully saturated rings. The first kappa shape index (κ1) is 6.58. The Morgan fingerprint density at radius 2 is 2.30 bits per heavy atom. The lowest BCUT2D eigenvalue weighted by atomic mass is 10.2. The molecule has 58 valence electrons. The molecule has 0 radical (unpaired) electrons. The second-order valence-electron chi connectivity index (χ2n) is 3.23. The molecule has 2 aliphatic heterocycles. The topological polar surface area (TPSA) is 15.7 Å². The van der Waals surface area contributed by atoms with E-state index in [1.165, 1.54) is 19.6 Å². The minimum atomic E-state index is 0.679. The Balaban J connectivity index is 1.96. The maximum absolute atomic E-state index is 5.34. The van der Waals surface area contributed by atoms with Crippen LogP contribution in [0, 0.1) is 0 Å². The predicted molar refractivity (Wildman–Crippen MR) is 38.8 cm³/mol. The highest BCUT2D eigenvalue weighted by Gasteiger charge is 2.29. The van der Waals surface area contributed by atoms with Gasteiger partial charge in [0.1, 0.15) is 0 Å². The van der Waals surface area contributed by atoms with Crippen molar-refractivity contribution in [3.8, 4) is 0 Å². The second-order valence-corrected chi connectivity index (χ2v) is 3.23. The molecule has 0 aliphatic carbocycles. The molecule has 1 atom stereocenters. The average molecular weight is 142 g/mol. The zero-order valence-electron chi connectivity index (χ0n) is 6.42. The lowest BCUT2D eigenvalue weighted by molar-refractivity contribution is 0.103. The van der Waals surface area contributed by atoms with Gasteiger partial charge in [-0.2, -0.15) is 0 Å². The molecule has 0 bridgehead atoms. The van der Waals surface area contributed by atoms with Crippen LogP contribution in [-0.4, -0.2) is 55.9 Å². The normalized spacial score (nSPS) is 36.3. The Bertz CT molecular complexity index is 129. The zero-order chi connectivity index (χ0) is 6.97. The third kappa shape index (κ3) is 1.05. The zero-order valence-corrected chi connectivity index (χ0v) is 6.42. The summed E-state index contributed by atoms with van der Waals surface area (Å²) in [4.78, 5) is 4.79. The monoisotopic (exact) mass is 142 g/mol. The van der Waals surface area contributed by atoms with Crippen LogP contribution in [0.5, 0.6) is 0 Å². The first-order chi connectivity index (χ1) is 4.86. The van der Waals surface area contributed by atoms with Crippen molar-refractivity contribution in [1.29, 1.82) is 0 Å². The van der Waals surface area contributed by atoms with Crippen molar-refractivity contribution in [3.63, 3.8) is 0 Å². The Labute approximate surface area is 61.6 Å². The van der Waals surface area contributed by atoms with Gasteiger partial charge >= 0.3 is 0 Å². The van der Waals surface area contributed by atoms with E-state index in [9.17, 15) is 0 Å². The smallest absolute Gasteiger partial charge is 0.0995 e. The molecule has 2 saturated heterocycles. The molecule has 3 nitrogen and oxygen atoms in total. The molecule has 2 aliphatic rings. The van der Waals surface area contributed by atoms with Crippen LogP contribution in [0.2, 0.25) is 0 Å². The summed E-state index contributed by atoms with van der Waals surface area (Å²) in [6, 6.07) is 0.679. The Morgan fingerprint density at radius 1 is 1.40 bits per heavy atom.